The molecule has 0 aliphatic heterocycles. The quantitative estimate of drug-likeness (QED) is 0.862. The maximum Gasteiger partial charge on any atom is 0.257 e. The molecule has 0 spiro atoms. The van der Waals surface area contributed by atoms with Crippen molar-refractivity contribution in [2.45, 2.75) is 13.5 Å². The minimum Gasteiger partial charge on any atom is -0.334 e. The van der Waals surface area contributed by atoms with Crippen molar-refractivity contribution in [3.63, 3.8) is 0 Å². The van der Waals surface area contributed by atoms with Crippen molar-refractivity contribution in [2.75, 3.05) is 6.54 Å². The summed E-state index contributed by atoms with van der Waals surface area (Å²) >= 11 is 11.6. The number of halogens is 3. The smallest absolute Gasteiger partial charge is 0.257 e. The molecule has 0 aliphatic rings. The second-order valence-corrected chi connectivity index (χ2v) is 5.07. The van der Waals surface area contributed by atoms with E-state index in [0.717, 1.165) is 0 Å². The van der Waals surface area contributed by atoms with Crippen LogP contribution in [0.25, 0.3) is 0 Å². The van der Waals surface area contributed by atoms with Crippen LogP contribution in [0.2, 0.25) is 10.3 Å². The lowest BCUT2D eigenvalue weighted by Crippen LogP contribution is -2.30. The van der Waals surface area contributed by atoms with E-state index >= 15 is 0 Å². The van der Waals surface area contributed by atoms with Crippen LogP contribution in [-0.4, -0.2) is 27.5 Å². The number of nitrogens with zero attached hydrogens (tertiary/aromatic N) is 3. The molecule has 1 heterocycles. The van der Waals surface area contributed by atoms with E-state index in [4.69, 9.17) is 23.2 Å². The first-order valence-corrected chi connectivity index (χ1v) is 6.99. The zero-order valence-electron chi connectivity index (χ0n) is 11.2. The Hall–Kier alpha value is -1.72. The molecule has 0 saturated carbocycles. The molecule has 0 atom stereocenters. The predicted molar refractivity (Wildman–Crippen MR) is 78.9 cm³/mol. The SMILES string of the molecule is CCN(Cc1cccc(F)c1)C(=O)c1cc(Cl)nnc1Cl. The molecule has 21 heavy (non-hydrogen) atoms. The van der Waals surface area contributed by atoms with Crippen LogP contribution in [0.4, 0.5) is 4.39 Å². The van der Waals surface area contributed by atoms with E-state index in [0.29, 0.717) is 12.1 Å². The Balaban J connectivity index is 2.24. The Morgan fingerprint density at radius 1 is 1.29 bits per heavy atom. The summed E-state index contributed by atoms with van der Waals surface area (Å²) in [5, 5.41) is 7.25. The maximum atomic E-state index is 13.2. The van der Waals surface area contributed by atoms with E-state index in [1.165, 1.54) is 23.1 Å². The summed E-state index contributed by atoms with van der Waals surface area (Å²) in [7, 11) is 0. The molecule has 0 saturated heterocycles. The average molecular weight is 328 g/mol. The molecule has 0 fully saturated rings. The summed E-state index contributed by atoms with van der Waals surface area (Å²) in [4.78, 5) is 14.0. The van der Waals surface area contributed by atoms with Crippen molar-refractivity contribution in [2.24, 2.45) is 0 Å². The van der Waals surface area contributed by atoms with Gasteiger partial charge < -0.3 is 4.90 Å². The Morgan fingerprint density at radius 3 is 2.71 bits per heavy atom. The van der Waals surface area contributed by atoms with Gasteiger partial charge in [0.15, 0.2) is 10.3 Å². The highest BCUT2D eigenvalue weighted by molar-refractivity contribution is 6.34. The van der Waals surface area contributed by atoms with Crippen LogP contribution in [0.15, 0.2) is 30.3 Å². The van der Waals surface area contributed by atoms with Gasteiger partial charge in [0.1, 0.15) is 5.82 Å². The van der Waals surface area contributed by atoms with Gasteiger partial charge in [-0.05, 0) is 30.7 Å². The normalized spacial score (nSPS) is 10.5. The van der Waals surface area contributed by atoms with E-state index in [1.807, 2.05) is 6.92 Å². The van der Waals surface area contributed by atoms with Crippen LogP contribution in [0.1, 0.15) is 22.8 Å². The molecule has 0 bridgehead atoms. The number of rotatable bonds is 4. The Labute approximate surface area is 131 Å². The van der Waals surface area contributed by atoms with Crippen LogP contribution >= 0.6 is 23.2 Å². The molecule has 0 radical (unpaired) electrons. The second-order valence-electron chi connectivity index (χ2n) is 4.32. The third kappa shape index (κ3) is 3.89. The number of aromatic nitrogens is 2. The van der Waals surface area contributed by atoms with E-state index in [-0.39, 0.29) is 34.1 Å². The first-order valence-electron chi connectivity index (χ1n) is 6.23. The summed E-state index contributed by atoms with van der Waals surface area (Å²) < 4.78 is 13.2. The summed E-state index contributed by atoms with van der Waals surface area (Å²) in [5.74, 6) is -0.675. The molecule has 2 aromatic rings. The number of carbonyl (C=O) groups excluding carboxylic acids is 1. The van der Waals surface area contributed by atoms with E-state index in [2.05, 4.69) is 10.2 Å². The van der Waals surface area contributed by atoms with Gasteiger partial charge >= 0.3 is 0 Å². The van der Waals surface area contributed by atoms with Crippen molar-refractivity contribution < 1.29 is 9.18 Å². The summed E-state index contributed by atoms with van der Waals surface area (Å²) in [6.45, 7) is 2.52. The van der Waals surface area contributed by atoms with Crippen molar-refractivity contribution in [1.29, 1.82) is 0 Å². The van der Waals surface area contributed by atoms with Crippen LogP contribution < -0.4 is 0 Å². The van der Waals surface area contributed by atoms with Gasteiger partial charge in [0.25, 0.3) is 5.91 Å². The van der Waals surface area contributed by atoms with Gasteiger partial charge in [-0.2, -0.15) is 0 Å². The fourth-order valence-corrected chi connectivity index (χ4v) is 2.18. The molecule has 0 N–H and O–H groups in total. The van der Waals surface area contributed by atoms with Crippen LogP contribution in [0, 0.1) is 5.82 Å². The fraction of sp³-hybridized carbons (Fsp3) is 0.214. The molecule has 1 aromatic carbocycles. The van der Waals surface area contributed by atoms with Gasteiger partial charge in [0.2, 0.25) is 0 Å². The minimum absolute atomic E-state index is 0.0120. The van der Waals surface area contributed by atoms with Crippen molar-refractivity contribution in [1.82, 2.24) is 15.1 Å². The highest BCUT2D eigenvalue weighted by Crippen LogP contribution is 2.19. The molecule has 1 aromatic heterocycles. The van der Waals surface area contributed by atoms with Gasteiger partial charge in [0.05, 0.1) is 5.56 Å². The third-order valence-electron chi connectivity index (χ3n) is 2.88. The highest BCUT2D eigenvalue weighted by Gasteiger charge is 2.19. The third-order valence-corrected chi connectivity index (χ3v) is 3.34. The first kappa shape index (κ1) is 15.7. The lowest BCUT2D eigenvalue weighted by molar-refractivity contribution is 0.0752. The molecule has 7 heteroatoms. The van der Waals surface area contributed by atoms with Crippen LogP contribution in [0.5, 0.6) is 0 Å². The Bertz CT molecular complexity index is 666. The molecule has 110 valence electrons. The monoisotopic (exact) mass is 327 g/mol. The zero-order chi connectivity index (χ0) is 15.4. The standard InChI is InChI=1S/C14H12Cl2FN3O/c1-2-20(8-9-4-3-5-10(17)6-9)14(21)11-7-12(15)18-19-13(11)16/h3-7H,2,8H2,1H3. The number of benzene rings is 1. The van der Waals surface area contributed by atoms with Crippen LogP contribution in [0.3, 0.4) is 0 Å². The lowest BCUT2D eigenvalue weighted by atomic mass is 10.2. The van der Waals surface area contributed by atoms with E-state index in [1.54, 1.807) is 12.1 Å². The van der Waals surface area contributed by atoms with E-state index < -0.39 is 0 Å². The van der Waals surface area contributed by atoms with Crippen molar-refractivity contribution >= 4 is 29.1 Å². The zero-order valence-corrected chi connectivity index (χ0v) is 12.7. The van der Waals surface area contributed by atoms with Crippen molar-refractivity contribution in [3.05, 3.63) is 57.6 Å². The summed E-state index contributed by atoms with van der Waals surface area (Å²) in [5.41, 5.74) is 0.865. The minimum atomic E-state index is -0.345. The molecule has 4 nitrogen and oxygen atoms in total. The Kier molecular flexibility index (Phi) is 5.09. The predicted octanol–water partition coefficient (Wildman–Crippen LogP) is 3.58. The topological polar surface area (TPSA) is 46.1 Å². The molecular formula is C14H12Cl2FN3O. The maximum absolute atomic E-state index is 13.2. The van der Waals surface area contributed by atoms with Gasteiger partial charge in [-0.3, -0.25) is 4.79 Å². The largest absolute Gasteiger partial charge is 0.334 e. The van der Waals surface area contributed by atoms with Crippen LogP contribution in [-0.2, 0) is 6.54 Å². The van der Waals surface area contributed by atoms with E-state index in [9.17, 15) is 9.18 Å². The van der Waals surface area contributed by atoms with Crippen molar-refractivity contribution in [3.8, 4) is 0 Å². The molecule has 1 amide bonds. The molecule has 2 rings (SSSR count). The fourth-order valence-electron chi connectivity index (χ4n) is 1.86. The van der Waals surface area contributed by atoms with Gasteiger partial charge in [-0.1, -0.05) is 35.3 Å². The highest BCUT2D eigenvalue weighted by atomic mass is 35.5. The average Bonchev–Trinajstić information content (AvgIpc) is 2.46. The van der Waals surface area contributed by atoms with Gasteiger partial charge in [-0.15, -0.1) is 10.2 Å². The van der Waals surface area contributed by atoms with Gasteiger partial charge in [0, 0.05) is 13.1 Å². The number of hydrogen-bond donors (Lipinski definition) is 0. The Morgan fingerprint density at radius 2 is 2.05 bits per heavy atom. The molecule has 0 unspecified atom stereocenters. The number of amides is 1. The summed E-state index contributed by atoms with van der Waals surface area (Å²) in [6, 6.07) is 7.45. The molecular weight excluding hydrogens is 316 g/mol. The van der Waals surface area contributed by atoms with Gasteiger partial charge in [-0.25, -0.2) is 4.39 Å². The second kappa shape index (κ2) is 6.83. The molecule has 0 aliphatic carbocycles. The number of carbonyl (C=O) groups is 1. The number of hydrogen-bond acceptors (Lipinski definition) is 3. The summed E-state index contributed by atoms with van der Waals surface area (Å²) in [6.07, 6.45) is 0. The first-order chi connectivity index (χ1) is 10.0. The lowest BCUT2D eigenvalue weighted by Gasteiger charge is -2.21.